The fourth-order valence-electron chi connectivity index (χ4n) is 4.99. The largest absolute Gasteiger partial charge is 0.480 e. The number of carboxylic acids is 1. The Morgan fingerprint density at radius 1 is 0.580 bits per heavy atom. The van der Waals surface area contributed by atoms with Crippen LogP contribution < -0.4 is 37.6 Å². The van der Waals surface area contributed by atoms with E-state index in [1.807, 2.05) is 48.5 Å². The lowest BCUT2D eigenvalue weighted by atomic mass is 9.95. The first-order chi connectivity index (χ1) is 23.1. The molecule has 0 bridgehead atoms. The van der Waals surface area contributed by atoms with Crippen molar-refractivity contribution in [3.63, 3.8) is 0 Å². The van der Waals surface area contributed by atoms with Crippen molar-refractivity contribution in [2.24, 2.45) is 35.3 Å². The fourth-order valence-corrected chi connectivity index (χ4v) is 4.99. The van der Waals surface area contributed by atoms with Gasteiger partial charge in [-0.25, -0.2) is 4.79 Å². The molecular formula is C34H63N7O9. The molecule has 0 aromatic heterocycles. The first-order valence-corrected chi connectivity index (χ1v) is 17.5. The minimum Gasteiger partial charge on any atom is -0.480 e. The van der Waals surface area contributed by atoms with Crippen LogP contribution in [0.5, 0.6) is 0 Å². The van der Waals surface area contributed by atoms with Gasteiger partial charge in [0, 0.05) is 0 Å². The van der Waals surface area contributed by atoms with Crippen LogP contribution in [0.25, 0.3) is 0 Å². The van der Waals surface area contributed by atoms with E-state index in [0.717, 1.165) is 0 Å². The average molecular weight is 714 g/mol. The van der Waals surface area contributed by atoms with Gasteiger partial charge in [-0.2, -0.15) is 0 Å². The van der Waals surface area contributed by atoms with Crippen LogP contribution in [0.1, 0.15) is 94.9 Å². The molecule has 0 aromatic rings. The first kappa shape index (κ1) is 46.2. The molecule has 0 aromatic carbocycles. The Balaban J connectivity index is 6.02. The Morgan fingerprint density at radius 3 is 1.40 bits per heavy atom. The van der Waals surface area contributed by atoms with Crippen molar-refractivity contribution in [3.8, 4) is 0 Å². The number of carbonyl (C=O) groups is 7. The zero-order chi connectivity index (χ0) is 38.9. The van der Waals surface area contributed by atoms with Crippen molar-refractivity contribution in [1.29, 1.82) is 0 Å². The molecule has 7 atom stereocenters. The van der Waals surface area contributed by atoms with Gasteiger partial charge in [-0.05, 0) is 48.9 Å². The summed E-state index contributed by atoms with van der Waals surface area (Å²) in [5.74, 6) is -6.06. The molecule has 0 saturated heterocycles. The molecule has 16 heteroatoms. The number of hydrogen-bond donors (Lipinski definition) is 9. The normalized spacial score (nSPS) is 15.7. The van der Waals surface area contributed by atoms with Gasteiger partial charge in [0.25, 0.3) is 0 Å². The van der Waals surface area contributed by atoms with Gasteiger partial charge in [0.2, 0.25) is 35.4 Å². The number of aliphatic carboxylic acids is 1. The highest BCUT2D eigenvalue weighted by Gasteiger charge is 2.34. The third kappa shape index (κ3) is 17.2. The Hall–Kier alpha value is -3.79. The summed E-state index contributed by atoms with van der Waals surface area (Å²) >= 11 is 0. The molecule has 0 fully saturated rings. The van der Waals surface area contributed by atoms with Gasteiger partial charge in [-0.15, -0.1) is 0 Å². The second kappa shape index (κ2) is 22.8. The van der Waals surface area contributed by atoms with Gasteiger partial charge in [0.05, 0.1) is 13.2 Å². The Bertz CT molecular complexity index is 1150. The van der Waals surface area contributed by atoms with E-state index < -0.39 is 90.8 Å². The molecule has 16 nitrogen and oxygen atoms in total. The number of amides is 6. The van der Waals surface area contributed by atoms with Crippen molar-refractivity contribution in [2.75, 3.05) is 13.2 Å². The summed E-state index contributed by atoms with van der Waals surface area (Å²) in [4.78, 5) is 90.2. The number of aliphatic hydroxyl groups excluding tert-OH is 1. The Kier molecular flexibility index (Phi) is 21.1. The minimum absolute atomic E-state index is 0.0153. The monoisotopic (exact) mass is 713 g/mol. The summed E-state index contributed by atoms with van der Waals surface area (Å²) < 4.78 is 0. The highest BCUT2D eigenvalue weighted by Crippen LogP contribution is 2.14. The van der Waals surface area contributed by atoms with Crippen LogP contribution in [0.15, 0.2) is 0 Å². The minimum atomic E-state index is -1.23. The lowest BCUT2D eigenvalue weighted by molar-refractivity contribution is -0.143. The number of carboxylic acid groups (broad SMARTS) is 1. The number of nitrogens with one attached hydrogen (secondary N) is 6. The standard InChI is InChI=1S/C34H63N7O9/c1-11-21(10)28(41-32(47)25(14-19(6)7)37-29(44)22(35)16-42)33(48)39-24(13-18(4)5)31(46)38-23(12-17(2)3)30(45)36-15-26(43)40-27(20(8)9)34(49)50/h17-25,27-28,42H,11-16,35H2,1-10H3,(H,36,45)(H,37,44)(H,38,46)(H,39,48)(H,40,43)(H,41,47)(H,49,50)/t21-,22-,23-,24-,25-,27-,28-/m0/s1. The zero-order valence-corrected chi connectivity index (χ0v) is 31.4. The van der Waals surface area contributed by atoms with Crippen LogP contribution >= 0.6 is 0 Å². The molecule has 0 aliphatic rings. The van der Waals surface area contributed by atoms with E-state index in [0.29, 0.717) is 6.42 Å². The highest BCUT2D eigenvalue weighted by molar-refractivity contribution is 5.96. The molecular weight excluding hydrogens is 650 g/mol. The van der Waals surface area contributed by atoms with Crippen molar-refractivity contribution in [2.45, 2.75) is 131 Å². The molecule has 50 heavy (non-hydrogen) atoms. The molecule has 0 unspecified atom stereocenters. The van der Waals surface area contributed by atoms with Crippen molar-refractivity contribution >= 4 is 41.4 Å². The molecule has 10 N–H and O–H groups in total. The maximum atomic E-state index is 13.7. The van der Waals surface area contributed by atoms with Crippen molar-refractivity contribution in [1.82, 2.24) is 31.9 Å². The van der Waals surface area contributed by atoms with E-state index in [1.165, 1.54) is 0 Å². The Morgan fingerprint density at radius 2 is 1.00 bits per heavy atom. The van der Waals surface area contributed by atoms with Crippen LogP contribution in [0, 0.1) is 29.6 Å². The number of rotatable bonds is 23. The predicted octanol–water partition coefficient (Wildman–Crippen LogP) is -0.229. The Labute approximate surface area is 296 Å². The van der Waals surface area contributed by atoms with Crippen LogP contribution in [0.2, 0.25) is 0 Å². The van der Waals surface area contributed by atoms with Gasteiger partial charge in [-0.1, -0.05) is 75.7 Å². The van der Waals surface area contributed by atoms with E-state index in [-0.39, 0.29) is 48.9 Å². The van der Waals surface area contributed by atoms with E-state index in [2.05, 4.69) is 31.9 Å². The molecule has 0 saturated carbocycles. The molecule has 0 heterocycles. The fraction of sp³-hybridized carbons (Fsp3) is 0.794. The molecule has 0 radical (unpaired) electrons. The van der Waals surface area contributed by atoms with Gasteiger partial charge in [-0.3, -0.25) is 28.8 Å². The maximum absolute atomic E-state index is 13.7. The third-order valence-electron chi connectivity index (χ3n) is 8.02. The number of hydrogen-bond acceptors (Lipinski definition) is 9. The summed E-state index contributed by atoms with van der Waals surface area (Å²) in [7, 11) is 0. The number of nitrogens with two attached hydrogens (primary N) is 1. The van der Waals surface area contributed by atoms with Gasteiger partial charge in [0.15, 0.2) is 0 Å². The molecule has 288 valence electrons. The summed E-state index contributed by atoms with van der Waals surface area (Å²) in [5, 5.41) is 34.2. The molecule has 0 aliphatic heterocycles. The second-order valence-corrected chi connectivity index (χ2v) is 14.6. The lowest BCUT2D eigenvalue weighted by Gasteiger charge is -2.30. The smallest absolute Gasteiger partial charge is 0.326 e. The van der Waals surface area contributed by atoms with E-state index in [9.17, 15) is 43.8 Å². The summed E-state index contributed by atoms with van der Waals surface area (Å²) in [6, 6.07) is -6.65. The highest BCUT2D eigenvalue weighted by atomic mass is 16.4. The average Bonchev–Trinajstić information content (AvgIpc) is 3.01. The van der Waals surface area contributed by atoms with Crippen LogP contribution in [0.3, 0.4) is 0 Å². The van der Waals surface area contributed by atoms with E-state index in [4.69, 9.17) is 5.73 Å². The SMILES string of the molecule is CC[C@H](C)[C@H](NC(=O)[C@H](CC(C)C)NC(=O)[C@@H](N)CO)C(=O)N[C@@H](CC(C)C)C(=O)N[C@@H](CC(C)C)C(=O)NCC(=O)N[C@H](C(=O)O)C(C)C. The van der Waals surface area contributed by atoms with Gasteiger partial charge < -0.3 is 47.8 Å². The van der Waals surface area contributed by atoms with E-state index >= 15 is 0 Å². The van der Waals surface area contributed by atoms with Gasteiger partial charge >= 0.3 is 5.97 Å². The predicted molar refractivity (Wildman–Crippen MR) is 188 cm³/mol. The number of aliphatic hydroxyl groups is 1. The topological polar surface area (TPSA) is 258 Å². The second-order valence-electron chi connectivity index (χ2n) is 14.6. The molecule has 6 amide bonds. The quantitative estimate of drug-likeness (QED) is 0.0672. The first-order valence-electron chi connectivity index (χ1n) is 17.5. The summed E-state index contributed by atoms with van der Waals surface area (Å²) in [6.07, 6.45) is 1.14. The summed E-state index contributed by atoms with van der Waals surface area (Å²) in [6.45, 7) is 16.9. The van der Waals surface area contributed by atoms with Gasteiger partial charge in [0.1, 0.15) is 36.3 Å². The van der Waals surface area contributed by atoms with Crippen molar-refractivity contribution < 1.29 is 43.8 Å². The number of carbonyl (C=O) groups excluding carboxylic acids is 6. The molecule has 0 rings (SSSR count). The zero-order valence-electron chi connectivity index (χ0n) is 31.4. The third-order valence-corrected chi connectivity index (χ3v) is 8.02. The van der Waals surface area contributed by atoms with E-state index in [1.54, 1.807) is 20.8 Å². The summed E-state index contributed by atoms with van der Waals surface area (Å²) in [5.41, 5.74) is 5.63. The molecule has 0 spiro atoms. The van der Waals surface area contributed by atoms with Crippen molar-refractivity contribution in [3.05, 3.63) is 0 Å². The maximum Gasteiger partial charge on any atom is 0.326 e. The van der Waals surface area contributed by atoms with Crippen LogP contribution in [-0.4, -0.2) is 101 Å². The molecule has 0 aliphatic carbocycles. The lowest BCUT2D eigenvalue weighted by Crippen LogP contribution is -2.60. The van der Waals surface area contributed by atoms with Crippen LogP contribution in [-0.2, 0) is 33.6 Å². The van der Waals surface area contributed by atoms with Crippen LogP contribution in [0.4, 0.5) is 0 Å².